The van der Waals surface area contributed by atoms with Crippen LogP contribution < -0.4 is 10.0 Å². The zero-order valence-corrected chi connectivity index (χ0v) is 13.5. The van der Waals surface area contributed by atoms with Crippen molar-refractivity contribution in [2.75, 3.05) is 17.1 Å². The topological polar surface area (TPSA) is 105 Å². The van der Waals surface area contributed by atoms with Crippen LogP contribution in [0, 0.1) is 0 Å². The molecule has 1 amide bonds. The summed E-state index contributed by atoms with van der Waals surface area (Å²) < 4.78 is 31.1. The second kappa shape index (κ2) is 6.76. The number of hydrogen-bond donors (Lipinski definition) is 3. The minimum Gasteiger partial charge on any atom is -0.506 e. The quantitative estimate of drug-likeness (QED) is 0.730. The molecule has 0 saturated carbocycles. The number of aromatic hydroxyl groups is 1. The summed E-state index contributed by atoms with van der Waals surface area (Å²) >= 11 is 5.96. The van der Waals surface area contributed by atoms with Crippen molar-refractivity contribution in [1.82, 2.24) is 0 Å². The Morgan fingerprint density at radius 2 is 1.83 bits per heavy atom. The fourth-order valence-electron chi connectivity index (χ4n) is 1.70. The van der Waals surface area contributed by atoms with Gasteiger partial charge >= 0.3 is 6.09 Å². The number of sulfonamides is 1. The number of amides is 1. The number of halogens is 1. The smallest absolute Gasteiger partial charge is 0.411 e. The van der Waals surface area contributed by atoms with Crippen LogP contribution in [0.1, 0.15) is 0 Å². The minimum atomic E-state index is -3.87. The van der Waals surface area contributed by atoms with Gasteiger partial charge in [0.1, 0.15) is 5.75 Å². The van der Waals surface area contributed by atoms with Gasteiger partial charge in [-0.05, 0) is 18.2 Å². The van der Waals surface area contributed by atoms with Gasteiger partial charge in [0.15, 0.2) is 0 Å². The number of phenolic OH excluding ortho intramolecular Hbond substituents is 1. The maximum Gasteiger partial charge on any atom is 0.411 e. The molecule has 0 unspecified atom stereocenters. The van der Waals surface area contributed by atoms with Crippen LogP contribution in [0.4, 0.5) is 16.2 Å². The summed E-state index contributed by atoms with van der Waals surface area (Å²) in [6.45, 7) is 0. The summed E-state index contributed by atoms with van der Waals surface area (Å²) in [6, 6.07) is 9.95. The van der Waals surface area contributed by atoms with Crippen molar-refractivity contribution in [2.45, 2.75) is 4.90 Å². The molecule has 0 aromatic heterocycles. The third-order valence-electron chi connectivity index (χ3n) is 2.81. The minimum absolute atomic E-state index is 0.0268. The van der Waals surface area contributed by atoms with E-state index in [0.717, 1.165) is 6.07 Å². The fraction of sp³-hybridized carbons (Fsp3) is 0.0714. The summed E-state index contributed by atoms with van der Waals surface area (Å²) in [5.41, 5.74) is -0.0343. The molecule has 122 valence electrons. The first-order valence-electron chi connectivity index (χ1n) is 6.29. The Balaban J connectivity index is 2.31. The summed E-state index contributed by atoms with van der Waals surface area (Å²) in [5, 5.41) is 12.3. The molecule has 2 aromatic carbocycles. The van der Waals surface area contributed by atoms with E-state index in [9.17, 15) is 18.3 Å². The lowest BCUT2D eigenvalue weighted by molar-refractivity contribution is 0.187. The van der Waals surface area contributed by atoms with Crippen molar-refractivity contribution >= 4 is 39.1 Å². The Kier molecular flexibility index (Phi) is 4.97. The van der Waals surface area contributed by atoms with Gasteiger partial charge in [0.2, 0.25) is 0 Å². The SMILES string of the molecule is COC(=O)Nc1cc(O)c(NS(=O)(=O)c2ccccc2)cc1Cl. The number of anilines is 2. The molecular weight excluding hydrogens is 344 g/mol. The highest BCUT2D eigenvalue weighted by Crippen LogP contribution is 2.35. The van der Waals surface area contributed by atoms with E-state index in [-0.39, 0.29) is 21.3 Å². The molecule has 0 aliphatic rings. The van der Waals surface area contributed by atoms with E-state index in [0.29, 0.717) is 0 Å². The maximum atomic E-state index is 12.2. The van der Waals surface area contributed by atoms with Gasteiger partial charge in [-0.1, -0.05) is 29.8 Å². The first-order valence-corrected chi connectivity index (χ1v) is 8.15. The number of phenols is 1. The van der Waals surface area contributed by atoms with E-state index in [4.69, 9.17) is 11.6 Å². The third kappa shape index (κ3) is 4.05. The number of methoxy groups -OCH3 is 1. The van der Waals surface area contributed by atoms with Crippen molar-refractivity contribution in [3.05, 3.63) is 47.5 Å². The highest BCUT2D eigenvalue weighted by atomic mass is 35.5. The second-order valence-corrected chi connectivity index (χ2v) is 6.47. The molecule has 23 heavy (non-hydrogen) atoms. The zero-order chi connectivity index (χ0) is 17.0. The van der Waals surface area contributed by atoms with Crippen LogP contribution in [0.2, 0.25) is 5.02 Å². The van der Waals surface area contributed by atoms with Gasteiger partial charge in [0.25, 0.3) is 10.0 Å². The molecule has 0 radical (unpaired) electrons. The molecule has 3 N–H and O–H groups in total. The Labute approximate surface area is 137 Å². The highest BCUT2D eigenvalue weighted by molar-refractivity contribution is 7.92. The van der Waals surface area contributed by atoms with Crippen molar-refractivity contribution in [3.63, 3.8) is 0 Å². The van der Waals surface area contributed by atoms with Crippen molar-refractivity contribution in [3.8, 4) is 5.75 Å². The number of benzene rings is 2. The normalized spacial score (nSPS) is 10.9. The van der Waals surface area contributed by atoms with Crippen LogP contribution in [0.25, 0.3) is 0 Å². The van der Waals surface area contributed by atoms with E-state index in [1.54, 1.807) is 18.2 Å². The van der Waals surface area contributed by atoms with Gasteiger partial charge in [-0.25, -0.2) is 13.2 Å². The first kappa shape index (κ1) is 16.9. The first-order chi connectivity index (χ1) is 10.8. The highest BCUT2D eigenvalue weighted by Gasteiger charge is 2.18. The Hall–Kier alpha value is -2.45. The van der Waals surface area contributed by atoms with Crippen molar-refractivity contribution in [2.24, 2.45) is 0 Å². The largest absolute Gasteiger partial charge is 0.506 e. The molecular formula is C14H13ClN2O5S. The zero-order valence-electron chi connectivity index (χ0n) is 11.9. The fourth-order valence-corrected chi connectivity index (χ4v) is 3.00. The third-order valence-corrected chi connectivity index (χ3v) is 4.50. The molecule has 0 aliphatic carbocycles. The second-order valence-electron chi connectivity index (χ2n) is 4.38. The lowest BCUT2D eigenvalue weighted by Gasteiger charge is -2.12. The molecule has 0 heterocycles. The number of hydrogen-bond acceptors (Lipinski definition) is 5. The summed E-state index contributed by atoms with van der Waals surface area (Å²) in [7, 11) is -2.70. The monoisotopic (exact) mass is 356 g/mol. The van der Waals surface area contributed by atoms with Crippen LogP contribution >= 0.6 is 11.6 Å². The molecule has 0 saturated heterocycles. The van der Waals surface area contributed by atoms with Gasteiger partial charge in [-0.2, -0.15) is 0 Å². The predicted molar refractivity (Wildman–Crippen MR) is 86.4 cm³/mol. The van der Waals surface area contributed by atoms with Crippen LogP contribution in [-0.2, 0) is 14.8 Å². The molecule has 7 nitrogen and oxygen atoms in total. The molecule has 9 heteroatoms. The van der Waals surface area contributed by atoms with Crippen LogP contribution in [0.15, 0.2) is 47.4 Å². The summed E-state index contributed by atoms with van der Waals surface area (Å²) in [4.78, 5) is 11.2. The maximum absolute atomic E-state index is 12.2. The molecule has 0 spiro atoms. The van der Waals surface area contributed by atoms with E-state index in [2.05, 4.69) is 14.8 Å². The standard InChI is InChI=1S/C14H13ClN2O5S/c1-22-14(19)16-11-8-13(18)12(7-10(11)15)17-23(20,21)9-5-3-2-4-6-9/h2-8,17-18H,1H3,(H,16,19). The van der Waals surface area contributed by atoms with E-state index < -0.39 is 21.9 Å². The number of carbonyl (C=O) groups excluding carboxylic acids is 1. The predicted octanol–water partition coefficient (Wildman–Crippen LogP) is 3.02. The van der Waals surface area contributed by atoms with E-state index >= 15 is 0 Å². The summed E-state index contributed by atoms with van der Waals surface area (Å²) in [6.07, 6.45) is -0.774. The van der Waals surface area contributed by atoms with Crippen LogP contribution in [-0.4, -0.2) is 26.7 Å². The summed E-state index contributed by atoms with van der Waals surface area (Å²) in [5.74, 6) is -0.402. The van der Waals surface area contributed by atoms with Crippen molar-refractivity contribution < 1.29 is 23.1 Å². The van der Waals surface area contributed by atoms with Crippen LogP contribution in [0.3, 0.4) is 0 Å². The number of nitrogens with one attached hydrogen (secondary N) is 2. The molecule has 2 aromatic rings. The van der Waals surface area contributed by atoms with Gasteiger partial charge in [-0.3, -0.25) is 10.0 Å². The Morgan fingerprint density at radius 3 is 2.43 bits per heavy atom. The average molecular weight is 357 g/mol. The molecule has 0 bridgehead atoms. The van der Waals surface area contributed by atoms with Gasteiger partial charge in [0, 0.05) is 6.07 Å². The van der Waals surface area contributed by atoms with Gasteiger partial charge < -0.3 is 9.84 Å². The molecule has 0 aliphatic heterocycles. The number of rotatable bonds is 4. The lowest BCUT2D eigenvalue weighted by atomic mass is 10.2. The number of ether oxygens (including phenoxy) is 1. The molecule has 2 rings (SSSR count). The van der Waals surface area contributed by atoms with E-state index in [1.807, 2.05) is 0 Å². The van der Waals surface area contributed by atoms with Gasteiger partial charge in [0.05, 0.1) is 28.4 Å². The number of carbonyl (C=O) groups is 1. The molecule has 0 fully saturated rings. The lowest BCUT2D eigenvalue weighted by Crippen LogP contribution is -2.14. The Morgan fingerprint density at radius 1 is 1.17 bits per heavy atom. The van der Waals surface area contributed by atoms with E-state index in [1.165, 1.54) is 25.3 Å². The molecule has 0 atom stereocenters. The van der Waals surface area contributed by atoms with Crippen molar-refractivity contribution in [1.29, 1.82) is 0 Å². The Bertz CT molecular complexity index is 825. The van der Waals surface area contributed by atoms with Gasteiger partial charge in [-0.15, -0.1) is 0 Å². The average Bonchev–Trinajstić information content (AvgIpc) is 2.52. The van der Waals surface area contributed by atoms with Crippen LogP contribution in [0.5, 0.6) is 5.75 Å².